The first-order valence-electron chi connectivity index (χ1n) is 20.9. The average Bonchev–Trinajstić information content (AvgIpc) is 3.75. The van der Waals surface area contributed by atoms with E-state index in [4.69, 9.17) is 9.97 Å². The number of hydrogen-bond acceptors (Lipinski definition) is 10. The molecule has 59 heavy (non-hydrogen) atoms. The number of phenols is 1. The molecule has 13 nitrogen and oxygen atoms in total. The second-order valence-electron chi connectivity index (χ2n) is 17.4. The molecule has 0 unspecified atom stereocenters. The van der Waals surface area contributed by atoms with Crippen molar-refractivity contribution in [3.05, 3.63) is 118 Å². The van der Waals surface area contributed by atoms with Crippen molar-refractivity contribution >= 4 is 35.5 Å². The van der Waals surface area contributed by atoms with Gasteiger partial charge in [0.2, 0.25) is 23.7 Å². The highest BCUT2D eigenvalue weighted by molar-refractivity contribution is 6.23. The second kappa shape index (κ2) is 14.7. The topological polar surface area (TPSA) is 156 Å². The maximum Gasteiger partial charge on any atom is 0.262 e. The van der Waals surface area contributed by atoms with E-state index in [9.17, 15) is 29.1 Å². The number of aryl methyl sites for hydroxylation is 1. The lowest BCUT2D eigenvalue weighted by atomic mass is 9.70. The number of nitrogens with one attached hydrogen (secondary N) is 1. The van der Waals surface area contributed by atoms with Crippen LogP contribution in [0.3, 0.4) is 0 Å². The van der Waals surface area contributed by atoms with E-state index in [2.05, 4.69) is 51.5 Å². The second-order valence-corrected chi connectivity index (χ2v) is 17.4. The van der Waals surface area contributed by atoms with Crippen LogP contribution in [-0.4, -0.2) is 98.1 Å². The molecule has 10 rings (SSSR count). The number of amides is 5. The van der Waals surface area contributed by atoms with E-state index in [1.54, 1.807) is 18.2 Å². The highest BCUT2D eigenvalue weighted by atomic mass is 16.3. The largest absolute Gasteiger partial charge is 0.508 e. The molecule has 0 saturated carbocycles. The van der Waals surface area contributed by atoms with E-state index >= 15 is 0 Å². The molecule has 3 aromatic carbocycles. The number of likely N-dealkylation sites (tertiary alicyclic amines) is 1. The summed E-state index contributed by atoms with van der Waals surface area (Å²) < 4.78 is 0. The maximum absolute atomic E-state index is 13.6. The summed E-state index contributed by atoms with van der Waals surface area (Å²) in [7, 11) is 0. The summed E-state index contributed by atoms with van der Waals surface area (Å²) in [6, 6.07) is 18.9. The highest BCUT2D eigenvalue weighted by Crippen LogP contribution is 2.47. The van der Waals surface area contributed by atoms with Gasteiger partial charge in [-0.1, -0.05) is 36.4 Å². The number of nitrogens with zero attached hydrogens (tertiary/aromatic N) is 6. The Hall–Kier alpha value is -5.95. The summed E-state index contributed by atoms with van der Waals surface area (Å²) in [6.07, 6.45) is 10.1. The summed E-state index contributed by atoms with van der Waals surface area (Å²) >= 11 is 0. The van der Waals surface area contributed by atoms with Crippen LogP contribution in [0.2, 0.25) is 0 Å². The Labute approximate surface area is 342 Å². The number of aromatic nitrogens is 2. The lowest BCUT2D eigenvalue weighted by Gasteiger charge is -2.47. The smallest absolute Gasteiger partial charge is 0.262 e. The van der Waals surface area contributed by atoms with Gasteiger partial charge in [0.05, 0.1) is 17.7 Å². The molecule has 6 aliphatic rings. The Morgan fingerprint density at radius 2 is 1.42 bits per heavy atom. The van der Waals surface area contributed by atoms with Gasteiger partial charge in [0.15, 0.2) is 0 Å². The van der Waals surface area contributed by atoms with Crippen molar-refractivity contribution in [2.75, 3.05) is 37.6 Å². The van der Waals surface area contributed by atoms with Crippen molar-refractivity contribution < 1.29 is 29.1 Å². The van der Waals surface area contributed by atoms with Crippen LogP contribution in [0.1, 0.15) is 111 Å². The lowest BCUT2D eigenvalue weighted by molar-refractivity contribution is -0.137. The molecule has 13 heteroatoms. The number of fused-ring (bicyclic) bond motifs is 3. The third-order valence-corrected chi connectivity index (χ3v) is 14.0. The fraction of sp³-hybridized carbons (Fsp3) is 0.413. The van der Waals surface area contributed by atoms with Crippen molar-refractivity contribution in [2.24, 2.45) is 5.41 Å². The minimum absolute atomic E-state index is 0.0764. The molecule has 302 valence electrons. The monoisotopic (exact) mass is 793 g/mol. The van der Waals surface area contributed by atoms with Crippen LogP contribution in [0.25, 0.3) is 0 Å². The number of imide groups is 2. The predicted octanol–water partition coefficient (Wildman–Crippen LogP) is 4.67. The predicted molar refractivity (Wildman–Crippen MR) is 216 cm³/mol. The third kappa shape index (κ3) is 6.74. The van der Waals surface area contributed by atoms with E-state index in [1.807, 2.05) is 23.4 Å². The van der Waals surface area contributed by atoms with E-state index in [0.717, 1.165) is 92.2 Å². The van der Waals surface area contributed by atoms with Crippen LogP contribution in [-0.2, 0) is 33.9 Å². The molecule has 1 aromatic heterocycles. The molecule has 1 spiro atoms. The quantitative estimate of drug-likeness (QED) is 0.263. The summed E-state index contributed by atoms with van der Waals surface area (Å²) in [4.78, 5) is 81.5. The number of carbonyl (C=O) groups is 5. The first-order chi connectivity index (χ1) is 28.6. The zero-order valence-electron chi connectivity index (χ0n) is 32.9. The van der Waals surface area contributed by atoms with Crippen molar-refractivity contribution in [1.29, 1.82) is 0 Å². The van der Waals surface area contributed by atoms with Gasteiger partial charge < -0.3 is 14.9 Å². The Bertz CT molecular complexity index is 2320. The molecule has 0 bridgehead atoms. The van der Waals surface area contributed by atoms with Crippen LogP contribution in [0.15, 0.2) is 73.1 Å². The number of hydrogen-bond donors (Lipinski definition) is 2. The van der Waals surface area contributed by atoms with Gasteiger partial charge in [-0.25, -0.2) is 9.97 Å². The van der Waals surface area contributed by atoms with Gasteiger partial charge in [-0.15, -0.1) is 0 Å². The molecule has 3 atom stereocenters. The summed E-state index contributed by atoms with van der Waals surface area (Å²) in [5.41, 5.74) is 7.35. The fourth-order valence-corrected chi connectivity index (χ4v) is 10.7. The van der Waals surface area contributed by atoms with Crippen molar-refractivity contribution in [1.82, 2.24) is 30.0 Å². The van der Waals surface area contributed by atoms with Crippen LogP contribution >= 0.6 is 0 Å². The standard InChI is InChI=1S/C46H47N7O6/c54-33-7-9-35-29(20-33)6-8-34(28-4-2-1-3-5-28)41(35)32-23-47-45(48-24-32)52-18-14-46(15-19-52)12-16-51(17-13-46)40(56)27-50-25-30-21-36-37(22-31(30)26-50)44(59)53(43(36)58)38-10-11-39(55)49-42(38)57/h1-5,7,9,20-24,34,38,41,54H,6,8,10-19,25-27H2,(H,49,55,57)/t34-,38-,41+/m1/s1. The van der Waals surface area contributed by atoms with E-state index in [1.165, 1.54) is 16.7 Å². The molecule has 4 aromatic rings. The number of phenolic OH excluding ortho intramolecular Hbond substituents is 1. The van der Waals surface area contributed by atoms with Crippen molar-refractivity contribution in [2.45, 2.75) is 82.3 Å². The van der Waals surface area contributed by atoms with Gasteiger partial charge in [0.25, 0.3) is 11.8 Å². The van der Waals surface area contributed by atoms with Gasteiger partial charge in [-0.2, -0.15) is 0 Å². The Kier molecular flexibility index (Phi) is 9.30. The SMILES string of the molecule is O=C1CC[C@@H](N2C(=O)c3cc4c(cc3C2=O)CN(CC(=O)N2CCC3(CC2)CCN(c2ncc([C@@H]5c6ccc(O)cc6CC[C@@H]5c5ccccc5)cn2)CC3)C4)C(=O)N1. The van der Waals surface area contributed by atoms with E-state index in [0.29, 0.717) is 24.8 Å². The number of anilines is 1. The number of rotatable bonds is 6. The van der Waals surface area contributed by atoms with Crippen LogP contribution in [0.5, 0.6) is 5.75 Å². The Morgan fingerprint density at radius 1 is 0.763 bits per heavy atom. The summed E-state index contributed by atoms with van der Waals surface area (Å²) in [6.45, 7) is 4.45. The first kappa shape index (κ1) is 37.3. The molecule has 3 saturated heterocycles. The average molecular weight is 794 g/mol. The van der Waals surface area contributed by atoms with Crippen LogP contribution in [0, 0.1) is 5.41 Å². The minimum Gasteiger partial charge on any atom is -0.508 e. The zero-order valence-corrected chi connectivity index (χ0v) is 32.9. The van der Waals surface area contributed by atoms with Crippen LogP contribution < -0.4 is 10.2 Å². The maximum atomic E-state index is 13.6. The van der Waals surface area contributed by atoms with E-state index < -0.39 is 29.7 Å². The van der Waals surface area contributed by atoms with Gasteiger partial charge in [-0.05, 0) is 114 Å². The molecular formula is C46H47N7O6. The zero-order chi connectivity index (χ0) is 40.4. The molecular weight excluding hydrogens is 747 g/mol. The van der Waals surface area contributed by atoms with E-state index in [-0.39, 0.29) is 47.8 Å². The van der Waals surface area contributed by atoms with Gasteiger partial charge >= 0.3 is 0 Å². The Balaban J connectivity index is 0.732. The van der Waals surface area contributed by atoms with Crippen molar-refractivity contribution in [3.8, 4) is 5.75 Å². The number of benzene rings is 3. The normalized spacial score (nSPS) is 23.9. The molecule has 0 radical (unpaired) electrons. The number of aromatic hydroxyl groups is 1. The molecule has 5 amide bonds. The minimum atomic E-state index is -0.995. The molecule has 1 aliphatic carbocycles. The summed E-state index contributed by atoms with van der Waals surface area (Å²) in [5, 5.41) is 12.5. The lowest BCUT2D eigenvalue weighted by Crippen LogP contribution is -2.54. The van der Waals surface area contributed by atoms with Crippen LogP contribution in [0.4, 0.5) is 5.95 Å². The first-order valence-corrected chi connectivity index (χ1v) is 20.9. The summed E-state index contributed by atoms with van der Waals surface area (Å²) in [5.74, 6) is -0.516. The van der Waals surface area contributed by atoms with Gasteiger partial charge in [0, 0.05) is 64.0 Å². The number of carbonyl (C=O) groups excluding carboxylic acids is 5. The molecule has 6 heterocycles. The molecule has 5 aliphatic heterocycles. The third-order valence-electron chi connectivity index (χ3n) is 14.0. The Morgan fingerprint density at radius 3 is 2.08 bits per heavy atom. The number of piperidine rings is 3. The molecule has 3 fully saturated rings. The fourth-order valence-electron chi connectivity index (χ4n) is 10.7. The highest BCUT2D eigenvalue weighted by Gasteiger charge is 2.46. The van der Waals surface area contributed by atoms with Crippen molar-refractivity contribution in [3.63, 3.8) is 0 Å². The van der Waals surface area contributed by atoms with Gasteiger partial charge in [0.1, 0.15) is 11.8 Å². The molecule has 2 N–H and O–H groups in total. The van der Waals surface area contributed by atoms with Gasteiger partial charge in [-0.3, -0.25) is 39.1 Å².